The van der Waals surface area contributed by atoms with Crippen LogP contribution in [0.1, 0.15) is 50.2 Å². The number of ether oxygens (including phenoxy) is 1. The number of nitrogens with one attached hydrogen (secondary N) is 2. The lowest BCUT2D eigenvalue weighted by Gasteiger charge is -2.33. The molecule has 0 spiro atoms. The number of aromatic nitrogens is 4. The highest BCUT2D eigenvalue weighted by Gasteiger charge is 2.26. The van der Waals surface area contributed by atoms with Crippen molar-refractivity contribution >= 4 is 44.7 Å². The van der Waals surface area contributed by atoms with E-state index in [1.807, 2.05) is 24.0 Å². The number of aliphatic hydroxyl groups is 1. The van der Waals surface area contributed by atoms with Gasteiger partial charge >= 0.3 is 0 Å². The van der Waals surface area contributed by atoms with Gasteiger partial charge in [-0.15, -0.1) is 0 Å². The van der Waals surface area contributed by atoms with Gasteiger partial charge in [0.15, 0.2) is 15.5 Å². The Morgan fingerprint density at radius 3 is 2.53 bits per heavy atom. The van der Waals surface area contributed by atoms with E-state index in [1.54, 1.807) is 57.5 Å². The first-order valence-corrected chi connectivity index (χ1v) is 15.8. The average molecular weight is 608 g/mol. The number of amides is 1. The highest BCUT2D eigenvalue weighted by molar-refractivity contribution is 7.92. The highest BCUT2D eigenvalue weighted by Crippen LogP contribution is 2.37. The molecule has 1 aliphatic rings. The van der Waals surface area contributed by atoms with Crippen molar-refractivity contribution < 1.29 is 23.1 Å². The fourth-order valence-corrected chi connectivity index (χ4v) is 6.58. The lowest BCUT2D eigenvalue weighted by atomic mass is 9.86. The van der Waals surface area contributed by atoms with Crippen LogP contribution in [0, 0.1) is 6.92 Å². The standard InChI is InChI=1S/C30H37N7O5S/c1-19(2)43(40,41)26-8-6-5-7-23(26)33-30-35-29(34-27-9-13-31-37(27)30)32-24-17-20(3)22(18-25(24)42-4)21-10-14-36(15-11-21)28(39)12-16-38/h5-9,13,17-19,21,38H,10-12,14-16H2,1-4H3,(H2,32,33,34,35). The van der Waals surface area contributed by atoms with E-state index in [4.69, 9.17) is 9.84 Å². The third kappa shape index (κ3) is 6.27. The molecule has 4 aromatic rings. The van der Waals surface area contributed by atoms with Gasteiger partial charge in [0, 0.05) is 25.6 Å². The topological polar surface area (TPSA) is 151 Å². The van der Waals surface area contributed by atoms with Crippen molar-refractivity contribution in [1.29, 1.82) is 0 Å². The molecule has 3 N–H and O–H groups in total. The molecule has 0 unspecified atom stereocenters. The molecule has 1 fully saturated rings. The molecule has 2 aromatic carbocycles. The van der Waals surface area contributed by atoms with Crippen LogP contribution in [0.25, 0.3) is 5.65 Å². The number of rotatable bonds is 10. The third-order valence-corrected chi connectivity index (χ3v) is 9.97. The molecule has 0 saturated carbocycles. The number of sulfone groups is 1. The van der Waals surface area contributed by atoms with Gasteiger partial charge in [-0.3, -0.25) is 4.79 Å². The second-order valence-corrected chi connectivity index (χ2v) is 13.3. The molecule has 5 rings (SSSR count). The van der Waals surface area contributed by atoms with Gasteiger partial charge in [-0.05, 0) is 74.9 Å². The van der Waals surface area contributed by atoms with E-state index in [0.717, 1.165) is 24.0 Å². The van der Waals surface area contributed by atoms with E-state index >= 15 is 0 Å². The summed E-state index contributed by atoms with van der Waals surface area (Å²) in [6.07, 6.45) is 3.42. The van der Waals surface area contributed by atoms with Gasteiger partial charge in [0.05, 0.1) is 41.4 Å². The Labute approximate surface area is 251 Å². The third-order valence-electron chi connectivity index (χ3n) is 7.76. The van der Waals surface area contributed by atoms with E-state index in [9.17, 15) is 13.2 Å². The van der Waals surface area contributed by atoms with Crippen LogP contribution in [0.5, 0.6) is 5.75 Å². The Balaban J connectivity index is 1.42. The van der Waals surface area contributed by atoms with Gasteiger partial charge in [-0.1, -0.05) is 12.1 Å². The Bertz CT molecular complexity index is 1730. The number of nitrogens with zero attached hydrogens (tertiary/aromatic N) is 5. The van der Waals surface area contributed by atoms with E-state index in [2.05, 4.69) is 25.7 Å². The van der Waals surface area contributed by atoms with Crippen LogP contribution < -0.4 is 15.4 Å². The number of hydrogen-bond donors (Lipinski definition) is 3. The maximum absolute atomic E-state index is 13.0. The fraction of sp³-hybridized carbons (Fsp3) is 0.400. The molecule has 2 aromatic heterocycles. The fourth-order valence-electron chi connectivity index (χ4n) is 5.38. The number of fused-ring (bicyclic) bond motifs is 1. The van der Waals surface area contributed by atoms with E-state index in [1.165, 1.54) is 4.52 Å². The van der Waals surface area contributed by atoms with Crippen LogP contribution in [0.15, 0.2) is 53.6 Å². The minimum atomic E-state index is -3.56. The average Bonchev–Trinajstić information content (AvgIpc) is 3.47. The minimum Gasteiger partial charge on any atom is -0.495 e. The van der Waals surface area contributed by atoms with Crippen molar-refractivity contribution in [1.82, 2.24) is 24.5 Å². The van der Waals surface area contributed by atoms with Crippen LogP contribution in [0.3, 0.4) is 0 Å². The van der Waals surface area contributed by atoms with Gasteiger partial charge in [0.1, 0.15) is 5.75 Å². The second kappa shape index (κ2) is 12.6. The number of carbonyl (C=O) groups excluding carboxylic acids is 1. The molecule has 1 aliphatic heterocycles. The number of aliphatic hydroxyl groups excluding tert-OH is 1. The van der Waals surface area contributed by atoms with Crippen LogP contribution in [0.4, 0.5) is 23.3 Å². The summed E-state index contributed by atoms with van der Waals surface area (Å²) in [5, 5.41) is 19.3. The molecule has 228 valence electrons. The van der Waals surface area contributed by atoms with Crippen molar-refractivity contribution in [3.05, 3.63) is 59.8 Å². The highest BCUT2D eigenvalue weighted by atomic mass is 32.2. The first-order valence-electron chi connectivity index (χ1n) is 14.3. The molecule has 0 bridgehead atoms. The predicted octanol–water partition coefficient (Wildman–Crippen LogP) is 4.20. The molecule has 1 saturated heterocycles. The SMILES string of the molecule is COc1cc(C2CCN(C(=O)CCO)CC2)c(C)cc1Nc1nc(Nc2ccccc2S(=O)(=O)C(C)C)n2nccc2n1. The van der Waals surface area contributed by atoms with E-state index in [-0.39, 0.29) is 35.7 Å². The Hall–Kier alpha value is -4.23. The molecule has 0 radical (unpaired) electrons. The summed E-state index contributed by atoms with van der Waals surface area (Å²) in [7, 11) is -1.95. The summed E-state index contributed by atoms with van der Waals surface area (Å²) in [6, 6.07) is 12.5. The zero-order chi connectivity index (χ0) is 30.7. The smallest absolute Gasteiger partial charge is 0.233 e. The zero-order valence-corrected chi connectivity index (χ0v) is 25.6. The van der Waals surface area contributed by atoms with Crippen molar-refractivity contribution in [2.75, 3.05) is 37.4 Å². The van der Waals surface area contributed by atoms with Gasteiger partial charge in [-0.25, -0.2) is 8.42 Å². The van der Waals surface area contributed by atoms with Crippen molar-refractivity contribution in [3.8, 4) is 5.75 Å². The summed E-state index contributed by atoms with van der Waals surface area (Å²) in [5.74, 6) is 1.46. The van der Waals surface area contributed by atoms with Gasteiger partial charge in [0.25, 0.3) is 0 Å². The summed E-state index contributed by atoms with van der Waals surface area (Å²) in [6.45, 7) is 6.52. The lowest BCUT2D eigenvalue weighted by Crippen LogP contribution is -2.38. The molecule has 0 atom stereocenters. The number of aryl methyl sites for hydroxylation is 1. The van der Waals surface area contributed by atoms with Crippen LogP contribution in [-0.2, 0) is 14.6 Å². The monoisotopic (exact) mass is 607 g/mol. The molecule has 13 heteroatoms. The number of para-hydroxylation sites is 1. The van der Waals surface area contributed by atoms with Crippen LogP contribution >= 0.6 is 0 Å². The first-order chi connectivity index (χ1) is 20.6. The molecule has 0 aliphatic carbocycles. The summed E-state index contributed by atoms with van der Waals surface area (Å²) >= 11 is 0. The van der Waals surface area contributed by atoms with Crippen molar-refractivity contribution in [3.63, 3.8) is 0 Å². The maximum atomic E-state index is 13.0. The van der Waals surface area contributed by atoms with Gasteiger partial charge in [0.2, 0.25) is 17.8 Å². The van der Waals surface area contributed by atoms with Crippen LogP contribution in [-0.4, -0.2) is 76.0 Å². The number of likely N-dealkylation sites (tertiary alicyclic amines) is 1. The first kappa shape index (κ1) is 30.2. The molecule has 3 heterocycles. The second-order valence-electron chi connectivity index (χ2n) is 10.8. The normalized spacial score (nSPS) is 14.3. The zero-order valence-electron chi connectivity index (χ0n) is 24.7. The lowest BCUT2D eigenvalue weighted by molar-refractivity contribution is -0.132. The quantitative estimate of drug-likeness (QED) is 0.239. The summed E-state index contributed by atoms with van der Waals surface area (Å²) < 4.78 is 33.3. The molecule has 1 amide bonds. The minimum absolute atomic E-state index is 0.0103. The van der Waals surface area contributed by atoms with Gasteiger partial charge in [-0.2, -0.15) is 19.6 Å². The number of hydrogen-bond acceptors (Lipinski definition) is 10. The molecular formula is C30H37N7O5S. The Morgan fingerprint density at radius 2 is 1.84 bits per heavy atom. The molecule has 43 heavy (non-hydrogen) atoms. The molecular weight excluding hydrogens is 570 g/mol. The maximum Gasteiger partial charge on any atom is 0.233 e. The van der Waals surface area contributed by atoms with Crippen molar-refractivity contribution in [2.24, 2.45) is 0 Å². The Kier molecular flexibility index (Phi) is 8.83. The van der Waals surface area contributed by atoms with Gasteiger partial charge < -0.3 is 25.4 Å². The number of anilines is 4. The molecule has 12 nitrogen and oxygen atoms in total. The number of benzene rings is 2. The summed E-state index contributed by atoms with van der Waals surface area (Å²) in [4.78, 5) is 23.4. The number of piperidine rings is 1. The predicted molar refractivity (Wildman–Crippen MR) is 164 cm³/mol. The largest absolute Gasteiger partial charge is 0.495 e. The number of methoxy groups -OCH3 is 1. The number of carbonyl (C=O) groups is 1. The van der Waals surface area contributed by atoms with Crippen molar-refractivity contribution in [2.45, 2.75) is 56.1 Å². The van der Waals surface area contributed by atoms with E-state index in [0.29, 0.717) is 41.8 Å². The summed E-state index contributed by atoms with van der Waals surface area (Å²) in [5.41, 5.74) is 3.81. The Morgan fingerprint density at radius 1 is 1.09 bits per heavy atom. The van der Waals surface area contributed by atoms with Crippen LogP contribution in [0.2, 0.25) is 0 Å². The van der Waals surface area contributed by atoms with E-state index < -0.39 is 15.1 Å².